The molecule has 38 heavy (non-hydrogen) atoms. The Morgan fingerprint density at radius 2 is 1.08 bits per heavy atom. The molecule has 3 rings (SSSR count). The first-order chi connectivity index (χ1) is 18.2. The van der Waals surface area contributed by atoms with Crippen LogP contribution in [0.5, 0.6) is 34.5 Å². The molecule has 1 heterocycles. The molecule has 2 aromatic carbocycles. The summed E-state index contributed by atoms with van der Waals surface area (Å²) in [6.45, 7) is 5.47. The number of aliphatic carboxylic acids is 2. The highest BCUT2D eigenvalue weighted by molar-refractivity contribution is 6.27. The third-order valence-electron chi connectivity index (χ3n) is 5.96. The first kappa shape index (κ1) is 30.3. The van der Waals surface area contributed by atoms with E-state index in [1.165, 1.54) is 0 Å². The minimum Gasteiger partial charge on any atom is -0.493 e. The second kappa shape index (κ2) is 14.7. The van der Waals surface area contributed by atoms with Gasteiger partial charge >= 0.3 is 11.9 Å². The van der Waals surface area contributed by atoms with Gasteiger partial charge in [0.05, 0.1) is 42.7 Å². The molecule has 0 amide bonds. The van der Waals surface area contributed by atoms with Crippen molar-refractivity contribution in [2.75, 3.05) is 68.8 Å². The monoisotopic (exact) mass is 536 g/mol. The zero-order chi connectivity index (χ0) is 28.2. The molecular formula is C26H36N2O10. The number of methoxy groups -OCH3 is 6. The van der Waals surface area contributed by atoms with E-state index in [9.17, 15) is 0 Å². The number of carboxylic acids is 2. The molecule has 2 aromatic rings. The maximum Gasteiger partial charge on any atom is 0.414 e. The molecule has 12 nitrogen and oxygen atoms in total. The summed E-state index contributed by atoms with van der Waals surface area (Å²) >= 11 is 0. The Hall–Kier alpha value is -3.90. The number of hydrogen-bond acceptors (Lipinski definition) is 10. The molecule has 0 bridgehead atoms. The first-order valence-corrected chi connectivity index (χ1v) is 11.7. The Morgan fingerprint density at radius 1 is 0.632 bits per heavy atom. The molecule has 0 atom stereocenters. The highest BCUT2D eigenvalue weighted by Crippen LogP contribution is 2.40. The molecule has 12 heteroatoms. The lowest BCUT2D eigenvalue weighted by molar-refractivity contribution is -0.159. The Bertz CT molecular complexity index is 1050. The molecule has 1 saturated heterocycles. The van der Waals surface area contributed by atoms with Gasteiger partial charge in [-0.2, -0.15) is 0 Å². The van der Waals surface area contributed by atoms with Gasteiger partial charge in [-0.05, 0) is 23.8 Å². The van der Waals surface area contributed by atoms with E-state index in [2.05, 4.69) is 9.80 Å². The molecule has 1 fully saturated rings. The number of carbonyl (C=O) groups is 2. The fraction of sp³-hybridized carbons (Fsp3) is 0.462. The summed E-state index contributed by atoms with van der Waals surface area (Å²) in [5.74, 6) is 0.364. The van der Waals surface area contributed by atoms with Gasteiger partial charge in [-0.15, -0.1) is 0 Å². The van der Waals surface area contributed by atoms with Gasteiger partial charge in [0, 0.05) is 44.8 Å². The maximum absolute atomic E-state index is 9.10. The van der Waals surface area contributed by atoms with Gasteiger partial charge in [0.1, 0.15) is 0 Å². The van der Waals surface area contributed by atoms with Crippen LogP contribution >= 0.6 is 0 Å². The number of piperazine rings is 1. The lowest BCUT2D eigenvalue weighted by Crippen LogP contribution is -2.45. The van der Waals surface area contributed by atoms with E-state index in [0.29, 0.717) is 28.7 Å². The van der Waals surface area contributed by atoms with Crippen LogP contribution in [0.4, 0.5) is 0 Å². The minimum atomic E-state index is -1.82. The Labute approximate surface area is 222 Å². The van der Waals surface area contributed by atoms with Gasteiger partial charge in [-0.1, -0.05) is 6.07 Å². The van der Waals surface area contributed by atoms with E-state index in [1.54, 1.807) is 42.7 Å². The van der Waals surface area contributed by atoms with Crippen molar-refractivity contribution in [3.63, 3.8) is 0 Å². The van der Waals surface area contributed by atoms with Gasteiger partial charge in [0.2, 0.25) is 11.5 Å². The molecule has 0 aliphatic carbocycles. The molecule has 1 aliphatic rings. The van der Waals surface area contributed by atoms with E-state index in [1.807, 2.05) is 24.3 Å². The Morgan fingerprint density at radius 3 is 1.47 bits per heavy atom. The van der Waals surface area contributed by atoms with E-state index in [4.69, 9.17) is 48.2 Å². The number of ether oxygens (including phenoxy) is 6. The Balaban J connectivity index is 0.000000757. The summed E-state index contributed by atoms with van der Waals surface area (Å²) in [5.41, 5.74) is 2.22. The highest BCUT2D eigenvalue weighted by Gasteiger charge is 2.22. The molecule has 1 aliphatic heterocycles. The second-order valence-corrected chi connectivity index (χ2v) is 8.19. The van der Waals surface area contributed by atoms with Crippen molar-refractivity contribution in [2.24, 2.45) is 0 Å². The van der Waals surface area contributed by atoms with Crippen LogP contribution in [0.25, 0.3) is 0 Å². The average molecular weight is 537 g/mol. The number of rotatable bonds is 10. The fourth-order valence-electron chi connectivity index (χ4n) is 4.12. The van der Waals surface area contributed by atoms with Crippen molar-refractivity contribution in [3.8, 4) is 34.5 Å². The molecule has 0 saturated carbocycles. The first-order valence-electron chi connectivity index (χ1n) is 11.7. The van der Waals surface area contributed by atoms with E-state index in [0.717, 1.165) is 56.1 Å². The molecule has 2 N–H and O–H groups in total. The third-order valence-corrected chi connectivity index (χ3v) is 5.96. The lowest BCUT2D eigenvalue weighted by Gasteiger charge is -2.35. The Kier molecular flexibility index (Phi) is 11.8. The van der Waals surface area contributed by atoms with Crippen LogP contribution in [0.3, 0.4) is 0 Å². The van der Waals surface area contributed by atoms with E-state index in [-0.39, 0.29) is 0 Å². The molecule has 0 spiro atoms. The maximum atomic E-state index is 9.10. The second-order valence-electron chi connectivity index (χ2n) is 8.19. The normalized spacial score (nSPS) is 13.5. The van der Waals surface area contributed by atoms with E-state index < -0.39 is 11.9 Å². The zero-order valence-corrected chi connectivity index (χ0v) is 22.6. The van der Waals surface area contributed by atoms with Crippen LogP contribution in [-0.2, 0) is 22.7 Å². The van der Waals surface area contributed by atoms with Crippen LogP contribution in [0.2, 0.25) is 0 Å². The summed E-state index contributed by atoms with van der Waals surface area (Å²) in [5, 5.41) is 14.8. The number of benzene rings is 2. The minimum absolute atomic E-state index is 0.618. The smallest absolute Gasteiger partial charge is 0.414 e. The van der Waals surface area contributed by atoms with Crippen LogP contribution in [0.15, 0.2) is 24.3 Å². The van der Waals surface area contributed by atoms with Crippen molar-refractivity contribution in [3.05, 3.63) is 35.4 Å². The molecule has 210 valence electrons. The highest BCUT2D eigenvalue weighted by atomic mass is 16.5. The van der Waals surface area contributed by atoms with Crippen LogP contribution in [0, 0.1) is 0 Å². The van der Waals surface area contributed by atoms with Crippen LogP contribution < -0.4 is 28.4 Å². The average Bonchev–Trinajstić information content (AvgIpc) is 2.93. The summed E-state index contributed by atoms with van der Waals surface area (Å²) in [7, 11) is 9.82. The van der Waals surface area contributed by atoms with Crippen molar-refractivity contribution in [2.45, 2.75) is 13.1 Å². The van der Waals surface area contributed by atoms with Gasteiger partial charge in [-0.25, -0.2) is 9.59 Å². The van der Waals surface area contributed by atoms with Crippen molar-refractivity contribution in [1.82, 2.24) is 9.80 Å². The predicted octanol–water partition coefficient (Wildman–Crippen LogP) is 2.21. The summed E-state index contributed by atoms with van der Waals surface area (Å²) in [4.78, 5) is 23.1. The van der Waals surface area contributed by atoms with Gasteiger partial charge < -0.3 is 38.6 Å². The summed E-state index contributed by atoms with van der Waals surface area (Å²) in [6.07, 6.45) is 0. The van der Waals surface area contributed by atoms with Crippen molar-refractivity contribution >= 4 is 11.9 Å². The van der Waals surface area contributed by atoms with Crippen LogP contribution in [0.1, 0.15) is 11.1 Å². The summed E-state index contributed by atoms with van der Waals surface area (Å²) in [6, 6.07) is 8.00. The molecule has 0 aromatic heterocycles. The predicted molar refractivity (Wildman–Crippen MR) is 138 cm³/mol. The molecule has 0 radical (unpaired) electrons. The van der Waals surface area contributed by atoms with Gasteiger partial charge in [0.15, 0.2) is 23.0 Å². The molecule has 0 unspecified atom stereocenters. The quantitative estimate of drug-likeness (QED) is 0.431. The SMILES string of the molecule is COc1cc(CN2CCN(Cc3ccc(OC)c(OC)c3OC)CC2)cc(OC)c1OC.O=C(O)C(=O)O. The lowest BCUT2D eigenvalue weighted by atomic mass is 10.1. The van der Waals surface area contributed by atoms with Gasteiger partial charge in [-0.3, -0.25) is 9.80 Å². The standard InChI is InChI=1S/C24H34N2O6.C2H2O4/c1-27-19-8-7-18(22(30-4)24(19)32-6)16-26-11-9-25(10-12-26)15-17-13-20(28-2)23(31-5)21(14-17)29-3;3-1(4)2(5)6/h7-8,13-14H,9-12,15-16H2,1-6H3;(H,3,4)(H,5,6). The van der Waals surface area contributed by atoms with Crippen molar-refractivity contribution < 1.29 is 48.2 Å². The van der Waals surface area contributed by atoms with E-state index >= 15 is 0 Å². The van der Waals surface area contributed by atoms with Gasteiger partial charge in [0.25, 0.3) is 0 Å². The zero-order valence-electron chi connectivity index (χ0n) is 22.6. The number of hydrogen-bond donors (Lipinski definition) is 2. The largest absolute Gasteiger partial charge is 0.493 e. The van der Waals surface area contributed by atoms with Crippen LogP contribution in [-0.4, -0.2) is 101 Å². The number of nitrogens with zero attached hydrogens (tertiary/aromatic N) is 2. The molecular weight excluding hydrogens is 500 g/mol. The third kappa shape index (κ3) is 7.80. The van der Waals surface area contributed by atoms with Crippen molar-refractivity contribution in [1.29, 1.82) is 0 Å². The summed E-state index contributed by atoms with van der Waals surface area (Å²) < 4.78 is 32.9. The topological polar surface area (TPSA) is 136 Å². The number of carboxylic acid groups (broad SMARTS) is 2. The fourth-order valence-corrected chi connectivity index (χ4v) is 4.12.